The molecule has 4 nitrogen and oxygen atoms in total. The third-order valence-corrected chi connectivity index (χ3v) is 2.68. The molecule has 0 aromatic heterocycles. The highest BCUT2D eigenvalue weighted by Gasteiger charge is 2.18. The number of nitrogens with two attached hydrogens (primary N) is 1. The summed E-state index contributed by atoms with van der Waals surface area (Å²) in [6, 6.07) is 4.88. The summed E-state index contributed by atoms with van der Waals surface area (Å²) >= 11 is 3.11. The Morgan fingerprint density at radius 2 is 2.16 bits per heavy atom. The van der Waals surface area contributed by atoms with Gasteiger partial charge in [0.1, 0.15) is 11.9 Å². The number of amides is 2. The molecule has 0 bridgehead atoms. The second-order valence-corrected chi connectivity index (χ2v) is 5.17. The summed E-state index contributed by atoms with van der Waals surface area (Å²) in [5, 5.41) is 2.49. The molecule has 102 valence electrons. The summed E-state index contributed by atoms with van der Waals surface area (Å²) in [5.41, 5.74) is 5.70. The van der Waals surface area contributed by atoms with Crippen molar-refractivity contribution in [3.05, 3.63) is 46.7 Å². The van der Waals surface area contributed by atoms with Crippen LogP contribution in [0.4, 0.5) is 4.39 Å². The average molecular weight is 329 g/mol. The van der Waals surface area contributed by atoms with Gasteiger partial charge in [-0.15, -0.1) is 0 Å². The van der Waals surface area contributed by atoms with Crippen LogP contribution in [-0.2, 0) is 16.0 Å². The van der Waals surface area contributed by atoms with E-state index in [1.807, 2.05) is 0 Å². The Labute approximate surface area is 119 Å². The molecule has 19 heavy (non-hydrogen) atoms. The monoisotopic (exact) mass is 328 g/mol. The predicted octanol–water partition coefficient (Wildman–Crippen LogP) is 1.64. The van der Waals surface area contributed by atoms with Crippen LogP contribution in [0.15, 0.2) is 35.3 Å². The number of hydrogen-bond donors (Lipinski definition) is 2. The highest BCUT2D eigenvalue weighted by atomic mass is 79.9. The lowest BCUT2D eigenvalue weighted by Gasteiger charge is -2.14. The molecule has 2 amide bonds. The average Bonchev–Trinajstić information content (AvgIpc) is 2.27. The van der Waals surface area contributed by atoms with E-state index in [9.17, 15) is 14.0 Å². The zero-order chi connectivity index (χ0) is 14.4. The van der Waals surface area contributed by atoms with Gasteiger partial charge in [-0.2, -0.15) is 0 Å². The molecule has 6 heteroatoms. The van der Waals surface area contributed by atoms with Gasteiger partial charge in [-0.25, -0.2) is 4.39 Å². The number of primary amides is 1. The predicted molar refractivity (Wildman–Crippen MR) is 73.9 cm³/mol. The van der Waals surface area contributed by atoms with Crippen molar-refractivity contribution in [3.63, 3.8) is 0 Å². The van der Waals surface area contributed by atoms with E-state index in [0.717, 1.165) is 0 Å². The number of nitrogens with one attached hydrogen (secondary N) is 1. The smallest absolute Gasteiger partial charge is 0.240 e. The maximum absolute atomic E-state index is 13.0. The molecule has 0 radical (unpaired) electrons. The largest absolute Gasteiger partial charge is 0.368 e. The number of halogens is 2. The van der Waals surface area contributed by atoms with E-state index in [4.69, 9.17) is 5.73 Å². The zero-order valence-corrected chi connectivity index (χ0v) is 11.7. The third-order valence-electron chi connectivity index (χ3n) is 2.36. The van der Waals surface area contributed by atoms with E-state index < -0.39 is 23.7 Å². The van der Waals surface area contributed by atoms with E-state index in [1.165, 1.54) is 18.2 Å². The number of rotatable bonds is 6. The Morgan fingerprint density at radius 1 is 1.47 bits per heavy atom. The Morgan fingerprint density at radius 3 is 2.68 bits per heavy atom. The minimum Gasteiger partial charge on any atom is -0.368 e. The van der Waals surface area contributed by atoms with Gasteiger partial charge in [-0.1, -0.05) is 34.6 Å². The molecular formula is C13H14BrFN2O2. The van der Waals surface area contributed by atoms with Gasteiger partial charge in [0, 0.05) is 6.42 Å². The van der Waals surface area contributed by atoms with Crippen LogP contribution in [0, 0.1) is 5.82 Å². The third kappa shape index (κ3) is 5.65. The van der Waals surface area contributed by atoms with Gasteiger partial charge in [-0.3, -0.25) is 9.59 Å². The zero-order valence-electron chi connectivity index (χ0n) is 10.2. The molecule has 1 aromatic rings. The summed E-state index contributed by atoms with van der Waals surface area (Å²) in [5.74, 6) is -1.46. The second kappa shape index (κ2) is 7.04. The van der Waals surface area contributed by atoms with Crippen molar-refractivity contribution < 1.29 is 14.0 Å². The molecule has 0 spiro atoms. The highest BCUT2D eigenvalue weighted by Crippen LogP contribution is 2.10. The summed E-state index contributed by atoms with van der Waals surface area (Å²) < 4.78 is 13.5. The van der Waals surface area contributed by atoms with Crippen molar-refractivity contribution in [2.24, 2.45) is 5.73 Å². The van der Waals surface area contributed by atoms with Crippen molar-refractivity contribution >= 4 is 27.7 Å². The first-order chi connectivity index (χ1) is 8.88. The fourth-order valence-corrected chi connectivity index (χ4v) is 1.85. The Hall–Kier alpha value is -1.69. The molecule has 1 rings (SSSR count). The molecule has 0 aliphatic heterocycles. The number of carbonyl (C=O) groups is 2. The first kappa shape index (κ1) is 15.4. The molecule has 0 saturated carbocycles. The first-order valence-electron chi connectivity index (χ1n) is 5.55. The Kier molecular flexibility index (Phi) is 5.69. The molecule has 1 aromatic carbocycles. The van der Waals surface area contributed by atoms with E-state index in [1.54, 1.807) is 6.07 Å². The van der Waals surface area contributed by atoms with E-state index in [-0.39, 0.29) is 12.8 Å². The van der Waals surface area contributed by atoms with Crippen LogP contribution in [0.2, 0.25) is 0 Å². The molecule has 0 fully saturated rings. The fourth-order valence-electron chi connectivity index (χ4n) is 1.52. The summed E-state index contributed by atoms with van der Waals surface area (Å²) in [6.45, 7) is 3.59. The molecule has 0 aliphatic carbocycles. The van der Waals surface area contributed by atoms with Crippen LogP contribution in [0.1, 0.15) is 12.0 Å². The van der Waals surface area contributed by atoms with Crippen molar-refractivity contribution in [1.29, 1.82) is 0 Å². The summed E-state index contributed by atoms with van der Waals surface area (Å²) in [4.78, 5) is 22.9. The van der Waals surface area contributed by atoms with Crippen molar-refractivity contribution in [2.75, 3.05) is 0 Å². The standard InChI is InChI=1S/C13H14BrFN2O2/c1-8(14)5-11(13(16)19)17-12(18)7-9-3-2-4-10(15)6-9/h2-4,6,11H,1,5,7H2,(H2,16,19)(H,17,18)/t11-/m0/s1. The lowest BCUT2D eigenvalue weighted by atomic mass is 10.1. The molecule has 0 saturated heterocycles. The minimum atomic E-state index is -0.826. The topological polar surface area (TPSA) is 72.2 Å². The van der Waals surface area contributed by atoms with Gasteiger partial charge in [0.15, 0.2) is 0 Å². The fraction of sp³-hybridized carbons (Fsp3) is 0.231. The lowest BCUT2D eigenvalue weighted by Crippen LogP contribution is -2.45. The van der Waals surface area contributed by atoms with Crippen LogP contribution < -0.4 is 11.1 Å². The van der Waals surface area contributed by atoms with E-state index >= 15 is 0 Å². The molecule has 3 N–H and O–H groups in total. The molecular weight excluding hydrogens is 315 g/mol. The lowest BCUT2D eigenvalue weighted by molar-refractivity contribution is -0.126. The quantitative estimate of drug-likeness (QED) is 0.833. The first-order valence-corrected chi connectivity index (χ1v) is 6.34. The number of benzene rings is 1. The van der Waals surface area contributed by atoms with Crippen LogP contribution >= 0.6 is 15.9 Å². The molecule has 1 atom stereocenters. The van der Waals surface area contributed by atoms with Gasteiger partial charge in [0.05, 0.1) is 6.42 Å². The second-order valence-electron chi connectivity index (χ2n) is 4.05. The van der Waals surface area contributed by atoms with Crippen LogP contribution in [-0.4, -0.2) is 17.9 Å². The maximum Gasteiger partial charge on any atom is 0.240 e. The summed E-state index contributed by atoms with van der Waals surface area (Å²) in [7, 11) is 0. The van der Waals surface area contributed by atoms with Gasteiger partial charge >= 0.3 is 0 Å². The summed E-state index contributed by atoms with van der Waals surface area (Å²) in [6.07, 6.45) is 0.195. The molecule has 0 aliphatic rings. The van der Waals surface area contributed by atoms with Gasteiger partial charge in [-0.05, 0) is 22.2 Å². The number of hydrogen-bond acceptors (Lipinski definition) is 2. The SMILES string of the molecule is C=C(Br)C[C@H](NC(=O)Cc1cccc(F)c1)C(N)=O. The van der Waals surface area contributed by atoms with Crippen molar-refractivity contribution in [2.45, 2.75) is 18.9 Å². The van der Waals surface area contributed by atoms with Crippen LogP contribution in [0.3, 0.4) is 0 Å². The molecule has 0 unspecified atom stereocenters. The maximum atomic E-state index is 13.0. The van der Waals surface area contributed by atoms with E-state index in [2.05, 4.69) is 27.8 Å². The van der Waals surface area contributed by atoms with Crippen molar-refractivity contribution in [3.8, 4) is 0 Å². The van der Waals surface area contributed by atoms with Crippen LogP contribution in [0.5, 0.6) is 0 Å². The van der Waals surface area contributed by atoms with Gasteiger partial charge < -0.3 is 11.1 Å². The van der Waals surface area contributed by atoms with Crippen molar-refractivity contribution in [1.82, 2.24) is 5.32 Å². The minimum absolute atomic E-state index is 0.0176. The Balaban J connectivity index is 2.62. The van der Waals surface area contributed by atoms with Gasteiger partial charge in [0.25, 0.3) is 0 Å². The molecule has 0 heterocycles. The highest BCUT2D eigenvalue weighted by molar-refractivity contribution is 9.11. The van der Waals surface area contributed by atoms with Crippen LogP contribution in [0.25, 0.3) is 0 Å². The van der Waals surface area contributed by atoms with Gasteiger partial charge in [0.2, 0.25) is 11.8 Å². The normalized spacial score (nSPS) is 11.7. The Bertz CT molecular complexity index is 505. The van der Waals surface area contributed by atoms with E-state index in [0.29, 0.717) is 10.0 Å². The number of carbonyl (C=O) groups excluding carboxylic acids is 2.